The average Bonchev–Trinajstić information content (AvgIpc) is 3.57. The summed E-state index contributed by atoms with van der Waals surface area (Å²) in [5, 5.41) is 31.6. The highest BCUT2D eigenvalue weighted by Crippen LogP contribution is 2.27. The molecule has 0 aromatic rings. The summed E-state index contributed by atoms with van der Waals surface area (Å²) in [4.78, 5) is 51.3. The Morgan fingerprint density at radius 3 is 1.23 bits per heavy atom. The van der Waals surface area contributed by atoms with Gasteiger partial charge in [-0.2, -0.15) is 0 Å². The van der Waals surface area contributed by atoms with Gasteiger partial charge in [-0.15, -0.1) is 0 Å². The SMILES string of the molecule is CC/C=C\C/C=C\C/C=C\C/C=C\C/C=C\C/C=C\CCC(=O)OCC(COC1OC(C(=O)O)C(O)C(O)C1OC(=O)CCCCCCCCCCC/C=C\C/C=C\CCCCC)OC(=O)CCCCCCCCCCCCCCCCC. The van der Waals surface area contributed by atoms with Gasteiger partial charge in [0.2, 0.25) is 0 Å². The van der Waals surface area contributed by atoms with Gasteiger partial charge in [0.25, 0.3) is 0 Å². The van der Waals surface area contributed by atoms with Gasteiger partial charge in [-0.25, -0.2) is 4.79 Å². The Morgan fingerprint density at radius 1 is 0.410 bits per heavy atom. The van der Waals surface area contributed by atoms with E-state index < -0.39 is 67.3 Å². The molecule has 1 fully saturated rings. The predicted molar refractivity (Wildman–Crippen MR) is 340 cm³/mol. The van der Waals surface area contributed by atoms with Crippen LogP contribution in [0.2, 0.25) is 0 Å². The van der Waals surface area contributed by atoms with Crippen molar-refractivity contribution >= 4 is 23.9 Å². The van der Waals surface area contributed by atoms with E-state index in [0.29, 0.717) is 19.3 Å². The van der Waals surface area contributed by atoms with Crippen molar-refractivity contribution in [1.82, 2.24) is 0 Å². The molecule has 6 atom stereocenters. The van der Waals surface area contributed by atoms with Gasteiger partial charge in [0, 0.05) is 19.3 Å². The van der Waals surface area contributed by atoms with Crippen molar-refractivity contribution in [3.63, 3.8) is 0 Å². The molecule has 0 aromatic heterocycles. The first-order valence-corrected chi connectivity index (χ1v) is 33.2. The minimum absolute atomic E-state index is 0.0463. The lowest BCUT2D eigenvalue weighted by atomic mass is 9.98. The number of hydrogen-bond donors (Lipinski definition) is 3. The Kier molecular flexibility index (Phi) is 53.6. The van der Waals surface area contributed by atoms with Crippen LogP contribution >= 0.6 is 0 Å². The summed E-state index contributed by atoms with van der Waals surface area (Å²) in [6, 6.07) is 0. The van der Waals surface area contributed by atoms with Crippen LogP contribution in [0.5, 0.6) is 0 Å². The maximum atomic E-state index is 13.2. The normalized spacial score (nSPS) is 18.2. The van der Waals surface area contributed by atoms with Crippen molar-refractivity contribution in [2.75, 3.05) is 13.2 Å². The molecule has 1 aliphatic heterocycles. The highest BCUT2D eigenvalue weighted by atomic mass is 16.7. The molecule has 0 amide bonds. The van der Waals surface area contributed by atoms with Crippen LogP contribution in [0.15, 0.2) is 97.2 Å². The predicted octanol–water partition coefficient (Wildman–Crippen LogP) is 18.0. The summed E-state index contributed by atoms with van der Waals surface area (Å²) in [7, 11) is 0. The van der Waals surface area contributed by atoms with Crippen LogP contribution < -0.4 is 0 Å². The fourth-order valence-corrected chi connectivity index (χ4v) is 9.60. The monoisotopic (exact) mass is 1160 g/mol. The molecule has 12 heteroatoms. The highest BCUT2D eigenvalue weighted by Gasteiger charge is 2.50. The molecule has 0 aromatic carbocycles. The van der Waals surface area contributed by atoms with Crippen LogP contribution in [0.4, 0.5) is 0 Å². The number of ether oxygens (including phenoxy) is 5. The van der Waals surface area contributed by atoms with Crippen LogP contribution in [0.25, 0.3) is 0 Å². The lowest BCUT2D eigenvalue weighted by molar-refractivity contribution is -0.301. The zero-order valence-electron chi connectivity index (χ0n) is 52.4. The maximum absolute atomic E-state index is 13.2. The number of hydrogen-bond acceptors (Lipinski definition) is 11. The number of rotatable bonds is 56. The molecule has 474 valence electrons. The van der Waals surface area contributed by atoms with Gasteiger partial charge in [-0.1, -0.05) is 266 Å². The molecule has 0 bridgehead atoms. The summed E-state index contributed by atoms with van der Waals surface area (Å²) < 4.78 is 28.5. The minimum Gasteiger partial charge on any atom is -0.479 e. The van der Waals surface area contributed by atoms with Crippen LogP contribution in [0.3, 0.4) is 0 Å². The smallest absolute Gasteiger partial charge is 0.335 e. The number of aliphatic carboxylic acids is 1. The van der Waals surface area contributed by atoms with Crippen LogP contribution in [-0.4, -0.2) is 89.2 Å². The first kappa shape index (κ1) is 76.7. The first-order valence-electron chi connectivity index (χ1n) is 33.2. The fourth-order valence-electron chi connectivity index (χ4n) is 9.60. The Hall–Kier alpha value is -4.36. The summed E-state index contributed by atoms with van der Waals surface area (Å²) in [6.45, 7) is 5.82. The molecular formula is C71H118O12. The maximum Gasteiger partial charge on any atom is 0.335 e. The molecule has 1 aliphatic rings. The van der Waals surface area contributed by atoms with Crippen LogP contribution in [0, 0.1) is 0 Å². The van der Waals surface area contributed by atoms with Gasteiger partial charge in [0.15, 0.2) is 24.6 Å². The molecule has 83 heavy (non-hydrogen) atoms. The van der Waals surface area contributed by atoms with Crippen molar-refractivity contribution in [1.29, 1.82) is 0 Å². The molecule has 12 nitrogen and oxygen atoms in total. The Morgan fingerprint density at radius 2 is 0.783 bits per heavy atom. The molecule has 3 N–H and O–H groups in total. The minimum atomic E-state index is -1.92. The van der Waals surface area contributed by atoms with E-state index in [-0.39, 0.29) is 25.9 Å². The summed E-state index contributed by atoms with van der Waals surface area (Å²) >= 11 is 0. The number of carbonyl (C=O) groups excluding carboxylic acids is 3. The quantitative estimate of drug-likeness (QED) is 0.0228. The second-order valence-corrected chi connectivity index (χ2v) is 22.4. The number of esters is 3. The van der Waals surface area contributed by atoms with Gasteiger partial charge in [0.1, 0.15) is 18.8 Å². The summed E-state index contributed by atoms with van der Waals surface area (Å²) in [5.74, 6) is -3.23. The average molecular weight is 1160 g/mol. The van der Waals surface area contributed by atoms with E-state index in [1.165, 1.54) is 122 Å². The lowest BCUT2D eigenvalue weighted by Gasteiger charge is -2.40. The Labute approximate surface area is 504 Å². The van der Waals surface area contributed by atoms with E-state index in [1.807, 2.05) is 12.2 Å². The van der Waals surface area contributed by atoms with Gasteiger partial charge < -0.3 is 39.0 Å². The van der Waals surface area contributed by atoms with Crippen LogP contribution in [0.1, 0.15) is 278 Å². The molecule has 0 radical (unpaired) electrons. The lowest BCUT2D eigenvalue weighted by Crippen LogP contribution is -2.61. The fraction of sp³-hybridized carbons (Fsp3) is 0.718. The topological polar surface area (TPSA) is 175 Å². The second-order valence-electron chi connectivity index (χ2n) is 22.4. The third kappa shape index (κ3) is 47.6. The highest BCUT2D eigenvalue weighted by molar-refractivity contribution is 5.74. The third-order valence-electron chi connectivity index (χ3n) is 14.7. The molecule has 1 saturated heterocycles. The molecule has 6 unspecified atom stereocenters. The summed E-state index contributed by atoms with van der Waals surface area (Å²) in [6.07, 6.45) is 65.1. The number of aliphatic hydroxyl groups excluding tert-OH is 2. The van der Waals surface area contributed by atoms with Crippen molar-refractivity contribution in [2.24, 2.45) is 0 Å². The van der Waals surface area contributed by atoms with Crippen molar-refractivity contribution < 1.29 is 58.2 Å². The van der Waals surface area contributed by atoms with Crippen LogP contribution in [-0.2, 0) is 42.9 Å². The van der Waals surface area contributed by atoms with E-state index in [9.17, 15) is 34.5 Å². The van der Waals surface area contributed by atoms with Gasteiger partial charge in [-0.3, -0.25) is 14.4 Å². The van der Waals surface area contributed by atoms with Crippen molar-refractivity contribution in [2.45, 2.75) is 314 Å². The molecule has 1 rings (SSSR count). The molecular weight excluding hydrogens is 1040 g/mol. The number of unbranched alkanes of at least 4 members (excludes halogenated alkanes) is 26. The Bertz CT molecular complexity index is 1810. The Balaban J connectivity index is 2.69. The van der Waals surface area contributed by atoms with E-state index >= 15 is 0 Å². The molecule has 0 aliphatic carbocycles. The molecule has 1 heterocycles. The zero-order chi connectivity index (χ0) is 60.3. The van der Waals surface area contributed by atoms with E-state index in [4.69, 9.17) is 23.7 Å². The number of carboxylic acid groups (broad SMARTS) is 1. The standard InChI is InChI=1S/C71H118O12/c1-4-7-10-13-16-19-22-25-28-30-32-34-37-39-42-45-48-51-54-57-63(72)79-60-62(81-64(73)58-55-52-49-46-43-40-36-27-24-21-18-15-12-9-6-3)61-80-71-69(67(76)66(75)68(83-71)70(77)78)82-65(74)59-56-53-50-47-44-41-38-35-33-31-29-26-23-20-17-14-11-8-5-2/h7,10,16-17,19-20,25-26,28-29,32,34,39,42,48,51,62,66-69,71,75-76H,4-6,8-9,11-15,18,21-24,27,30-31,33,35-38,40-41,43-47,49-50,52-61H2,1-3H3,(H,77,78)/b10-7-,19-16-,20-17-,28-25-,29-26-,34-32-,42-39-,51-48-. The number of carboxylic acids is 1. The first-order chi connectivity index (χ1) is 40.6. The number of allylic oxidation sites excluding steroid dienone is 16. The van der Waals surface area contributed by atoms with Gasteiger partial charge >= 0.3 is 23.9 Å². The zero-order valence-corrected chi connectivity index (χ0v) is 52.4. The van der Waals surface area contributed by atoms with E-state index in [2.05, 4.69) is 106 Å². The number of aliphatic hydroxyl groups is 2. The third-order valence-corrected chi connectivity index (χ3v) is 14.7. The van der Waals surface area contributed by atoms with Gasteiger partial charge in [0.05, 0.1) is 6.61 Å². The largest absolute Gasteiger partial charge is 0.479 e. The molecule has 0 saturated carbocycles. The van der Waals surface area contributed by atoms with Crippen molar-refractivity contribution in [3.8, 4) is 0 Å². The van der Waals surface area contributed by atoms with E-state index in [0.717, 1.165) is 96.3 Å². The second kappa shape index (κ2) is 58.0. The van der Waals surface area contributed by atoms with E-state index in [1.54, 1.807) is 0 Å². The van der Waals surface area contributed by atoms with Gasteiger partial charge in [-0.05, 0) is 89.9 Å². The molecule has 0 spiro atoms. The summed E-state index contributed by atoms with van der Waals surface area (Å²) in [5.41, 5.74) is 0. The van der Waals surface area contributed by atoms with Crippen molar-refractivity contribution in [3.05, 3.63) is 97.2 Å². The number of carbonyl (C=O) groups is 4.